The van der Waals surface area contributed by atoms with E-state index in [4.69, 9.17) is 5.11 Å². The molecule has 1 fully saturated rings. The van der Waals surface area contributed by atoms with Crippen molar-refractivity contribution in [1.82, 2.24) is 0 Å². The lowest BCUT2D eigenvalue weighted by molar-refractivity contribution is -0.137. The fourth-order valence-corrected chi connectivity index (χ4v) is 3.50. The minimum Gasteiger partial charge on any atom is -0.481 e. The molecule has 1 aliphatic rings. The first-order valence-corrected chi connectivity index (χ1v) is 9.65. The van der Waals surface area contributed by atoms with Crippen LogP contribution in [-0.2, 0) is 9.59 Å². The van der Waals surface area contributed by atoms with Crippen molar-refractivity contribution in [3.05, 3.63) is 12.2 Å². The lowest BCUT2D eigenvalue weighted by atomic mass is 9.89. The molecule has 0 saturated heterocycles. The van der Waals surface area contributed by atoms with Gasteiger partial charge in [-0.1, -0.05) is 57.6 Å². The minimum absolute atomic E-state index is 0.101. The lowest BCUT2D eigenvalue weighted by Gasteiger charge is -2.15. The van der Waals surface area contributed by atoms with E-state index in [2.05, 4.69) is 13.0 Å². The largest absolute Gasteiger partial charge is 0.481 e. The molecule has 2 N–H and O–H groups in total. The number of allylic oxidation sites excluding steroid dienone is 1. The molecule has 1 saturated carbocycles. The molecule has 0 radical (unpaired) electrons. The van der Waals surface area contributed by atoms with Gasteiger partial charge in [-0.05, 0) is 31.6 Å². The molecule has 0 aromatic heterocycles. The number of carboxylic acids is 1. The van der Waals surface area contributed by atoms with Gasteiger partial charge in [0.1, 0.15) is 5.78 Å². The van der Waals surface area contributed by atoms with Gasteiger partial charge in [0.05, 0.1) is 6.10 Å². The Bertz CT molecular complexity index is 402. The van der Waals surface area contributed by atoms with Crippen molar-refractivity contribution < 1.29 is 19.8 Å². The second-order valence-corrected chi connectivity index (χ2v) is 7.07. The van der Waals surface area contributed by atoms with E-state index < -0.39 is 5.97 Å². The molecule has 2 unspecified atom stereocenters. The number of aliphatic hydroxyl groups is 1. The number of rotatable bonds is 13. The summed E-state index contributed by atoms with van der Waals surface area (Å²) < 4.78 is 0. The summed E-state index contributed by atoms with van der Waals surface area (Å²) in [6.45, 7) is 2.15. The number of hydrogen-bond acceptors (Lipinski definition) is 3. The smallest absolute Gasteiger partial charge is 0.303 e. The summed E-state index contributed by atoms with van der Waals surface area (Å²) in [4.78, 5) is 22.5. The number of ketones is 1. The van der Waals surface area contributed by atoms with E-state index >= 15 is 0 Å². The van der Waals surface area contributed by atoms with Gasteiger partial charge >= 0.3 is 5.97 Å². The average Bonchev–Trinajstić information content (AvgIpc) is 2.89. The van der Waals surface area contributed by atoms with Crippen LogP contribution in [-0.4, -0.2) is 28.1 Å². The number of carboxylic acid groups (broad SMARTS) is 1. The number of carbonyl (C=O) groups excluding carboxylic acids is 1. The Morgan fingerprint density at radius 2 is 1.96 bits per heavy atom. The van der Waals surface area contributed by atoms with E-state index in [0.29, 0.717) is 12.2 Å². The van der Waals surface area contributed by atoms with Crippen LogP contribution < -0.4 is 0 Å². The number of Topliss-reactive ketones (excluding diaryl/α,β-unsaturated/α-hetero) is 1. The first-order valence-electron chi connectivity index (χ1n) is 9.65. The van der Waals surface area contributed by atoms with Gasteiger partial charge in [0.25, 0.3) is 0 Å². The first-order chi connectivity index (χ1) is 11.5. The molecule has 1 aliphatic carbocycles. The molecule has 4 nitrogen and oxygen atoms in total. The molecule has 0 aromatic carbocycles. The Kier molecular flexibility index (Phi) is 10.6. The molecule has 3 atom stereocenters. The Labute approximate surface area is 146 Å². The molecule has 0 bridgehead atoms. The molecule has 1 rings (SSSR count). The summed E-state index contributed by atoms with van der Waals surface area (Å²) in [7, 11) is 0. The minimum atomic E-state index is -0.733. The summed E-state index contributed by atoms with van der Waals surface area (Å²) in [5.74, 6) is 0.000218. The van der Waals surface area contributed by atoms with Gasteiger partial charge in [0, 0.05) is 18.8 Å². The number of aliphatic hydroxyl groups excluding tert-OH is 1. The van der Waals surface area contributed by atoms with Crippen molar-refractivity contribution in [2.75, 3.05) is 0 Å². The van der Waals surface area contributed by atoms with E-state index in [9.17, 15) is 14.7 Å². The molecule has 0 aliphatic heterocycles. The van der Waals surface area contributed by atoms with Crippen molar-refractivity contribution in [3.8, 4) is 0 Å². The van der Waals surface area contributed by atoms with Gasteiger partial charge in [-0.25, -0.2) is 0 Å². The van der Waals surface area contributed by atoms with Crippen LogP contribution in [0.4, 0.5) is 0 Å². The highest BCUT2D eigenvalue weighted by Gasteiger charge is 2.32. The SMILES string of the molecule is CCCCCC(O)/C=C/[C@H]1CCC(=O)C1CCCCCCC(=O)O. The van der Waals surface area contributed by atoms with Gasteiger partial charge in [0.2, 0.25) is 0 Å². The third kappa shape index (κ3) is 8.62. The standard InChI is InChI=1S/C20H34O4/c1-2-3-6-9-17(21)14-12-16-13-15-19(22)18(16)10-7-4-5-8-11-20(23)24/h12,14,16-18,21H,2-11,13,15H2,1H3,(H,23,24)/b14-12+/t16-,17?,18?/m0/s1. The second kappa shape index (κ2) is 12.2. The van der Waals surface area contributed by atoms with Crippen LogP contribution in [0.1, 0.15) is 84.0 Å². The predicted octanol–water partition coefficient (Wildman–Crippen LogP) is 4.50. The zero-order valence-electron chi connectivity index (χ0n) is 15.1. The molecule has 0 spiro atoms. The van der Waals surface area contributed by atoms with Crippen LogP contribution in [0.2, 0.25) is 0 Å². The van der Waals surface area contributed by atoms with Crippen LogP contribution >= 0.6 is 0 Å². The van der Waals surface area contributed by atoms with Crippen LogP contribution in [0.3, 0.4) is 0 Å². The molecule has 0 aromatic rings. The van der Waals surface area contributed by atoms with Gasteiger partial charge < -0.3 is 10.2 Å². The maximum Gasteiger partial charge on any atom is 0.303 e. The summed E-state index contributed by atoms with van der Waals surface area (Å²) in [5, 5.41) is 18.6. The van der Waals surface area contributed by atoms with Crippen LogP contribution in [0, 0.1) is 11.8 Å². The van der Waals surface area contributed by atoms with Crippen LogP contribution in [0.15, 0.2) is 12.2 Å². The lowest BCUT2D eigenvalue weighted by Crippen LogP contribution is -2.14. The first kappa shape index (κ1) is 20.9. The van der Waals surface area contributed by atoms with E-state index in [1.165, 1.54) is 0 Å². The van der Waals surface area contributed by atoms with Gasteiger partial charge in [-0.15, -0.1) is 0 Å². The Morgan fingerprint density at radius 1 is 1.21 bits per heavy atom. The zero-order chi connectivity index (χ0) is 17.8. The number of carbonyl (C=O) groups is 2. The molecule has 0 amide bonds. The van der Waals surface area contributed by atoms with Crippen molar-refractivity contribution in [2.45, 2.75) is 90.1 Å². The zero-order valence-corrected chi connectivity index (χ0v) is 15.1. The monoisotopic (exact) mass is 338 g/mol. The molecule has 138 valence electrons. The summed E-state index contributed by atoms with van der Waals surface area (Å²) in [6.07, 6.45) is 14.0. The van der Waals surface area contributed by atoms with E-state index in [0.717, 1.165) is 64.2 Å². The van der Waals surface area contributed by atoms with Crippen molar-refractivity contribution >= 4 is 11.8 Å². The topological polar surface area (TPSA) is 74.6 Å². The fourth-order valence-electron chi connectivity index (χ4n) is 3.50. The third-order valence-electron chi connectivity index (χ3n) is 4.99. The van der Waals surface area contributed by atoms with E-state index in [1.54, 1.807) is 0 Å². The molecular weight excluding hydrogens is 304 g/mol. The normalized spacial score (nSPS) is 22.3. The quantitative estimate of drug-likeness (QED) is 0.383. The van der Waals surface area contributed by atoms with Crippen molar-refractivity contribution in [1.29, 1.82) is 0 Å². The number of aliphatic carboxylic acids is 1. The molecule has 4 heteroatoms. The third-order valence-corrected chi connectivity index (χ3v) is 4.99. The Hall–Kier alpha value is -1.16. The van der Waals surface area contributed by atoms with Crippen LogP contribution in [0.5, 0.6) is 0 Å². The summed E-state index contributed by atoms with van der Waals surface area (Å²) in [6, 6.07) is 0. The van der Waals surface area contributed by atoms with E-state index in [-0.39, 0.29) is 24.4 Å². The van der Waals surface area contributed by atoms with Gasteiger partial charge in [-0.2, -0.15) is 0 Å². The Balaban J connectivity index is 2.28. The highest BCUT2D eigenvalue weighted by molar-refractivity contribution is 5.83. The highest BCUT2D eigenvalue weighted by Crippen LogP contribution is 2.34. The maximum absolute atomic E-state index is 12.1. The fraction of sp³-hybridized carbons (Fsp3) is 0.800. The molecular formula is C20H34O4. The number of hydrogen-bond donors (Lipinski definition) is 2. The van der Waals surface area contributed by atoms with Gasteiger partial charge in [0.15, 0.2) is 0 Å². The van der Waals surface area contributed by atoms with Crippen LogP contribution in [0.25, 0.3) is 0 Å². The molecule has 24 heavy (non-hydrogen) atoms. The predicted molar refractivity (Wildman–Crippen MR) is 95.8 cm³/mol. The second-order valence-electron chi connectivity index (χ2n) is 7.07. The Morgan fingerprint density at radius 3 is 2.67 bits per heavy atom. The van der Waals surface area contributed by atoms with E-state index in [1.807, 2.05) is 6.08 Å². The maximum atomic E-state index is 12.1. The summed E-state index contributed by atoms with van der Waals surface area (Å²) in [5.41, 5.74) is 0. The van der Waals surface area contributed by atoms with Crippen molar-refractivity contribution in [2.24, 2.45) is 11.8 Å². The highest BCUT2D eigenvalue weighted by atomic mass is 16.4. The van der Waals surface area contributed by atoms with Crippen molar-refractivity contribution in [3.63, 3.8) is 0 Å². The number of unbranched alkanes of at least 4 members (excludes halogenated alkanes) is 5. The van der Waals surface area contributed by atoms with Gasteiger partial charge in [-0.3, -0.25) is 9.59 Å². The summed E-state index contributed by atoms with van der Waals surface area (Å²) >= 11 is 0. The molecule has 0 heterocycles. The average molecular weight is 338 g/mol.